The lowest BCUT2D eigenvalue weighted by molar-refractivity contribution is -0.115. The molecule has 0 aliphatic heterocycles. The second kappa shape index (κ2) is 7.59. The summed E-state index contributed by atoms with van der Waals surface area (Å²) in [6.45, 7) is 3.91. The average Bonchev–Trinajstić information content (AvgIpc) is 2.54. The van der Waals surface area contributed by atoms with Crippen LogP contribution in [0.5, 0.6) is 0 Å². The summed E-state index contributed by atoms with van der Waals surface area (Å²) >= 11 is 0. The summed E-state index contributed by atoms with van der Waals surface area (Å²) in [4.78, 5) is 23.4. The minimum Gasteiger partial charge on any atom is -0.453 e. The van der Waals surface area contributed by atoms with Gasteiger partial charge in [0.2, 0.25) is 5.91 Å². The highest BCUT2D eigenvalue weighted by atomic mass is 19.1. The molecule has 24 heavy (non-hydrogen) atoms. The molecule has 0 radical (unpaired) electrons. The van der Waals surface area contributed by atoms with Gasteiger partial charge in [-0.25, -0.2) is 9.18 Å². The first-order chi connectivity index (χ1) is 11.4. The van der Waals surface area contributed by atoms with Crippen molar-refractivity contribution in [3.8, 4) is 0 Å². The number of halogens is 1. The minimum absolute atomic E-state index is 0.0635. The van der Waals surface area contributed by atoms with Gasteiger partial charge in [-0.2, -0.15) is 0 Å². The molecule has 0 atom stereocenters. The van der Waals surface area contributed by atoms with E-state index in [1.54, 1.807) is 0 Å². The summed E-state index contributed by atoms with van der Waals surface area (Å²) in [5.41, 5.74) is 3.37. The van der Waals surface area contributed by atoms with Gasteiger partial charge in [0.15, 0.2) is 0 Å². The maximum Gasteiger partial charge on any atom is 0.411 e. The van der Waals surface area contributed by atoms with Crippen LogP contribution in [0.25, 0.3) is 0 Å². The fourth-order valence-electron chi connectivity index (χ4n) is 2.23. The standard InChI is InChI=1S/C18H19FN2O3/c1-11-4-5-12(2)13(8-11)9-17(22)20-14-6-7-15(19)16(10-14)21-18(23)24-3/h4-8,10H,9H2,1-3H3,(H,20,22)(H,21,23). The van der Waals surface area contributed by atoms with Crippen LogP contribution >= 0.6 is 0 Å². The zero-order valence-corrected chi connectivity index (χ0v) is 13.8. The largest absolute Gasteiger partial charge is 0.453 e. The predicted octanol–water partition coefficient (Wildman–Crippen LogP) is 3.80. The highest BCUT2D eigenvalue weighted by Gasteiger charge is 2.11. The molecule has 2 aromatic rings. The SMILES string of the molecule is COC(=O)Nc1cc(NC(=O)Cc2cc(C)ccc2C)ccc1F. The number of aryl methyl sites for hydroxylation is 2. The Balaban J connectivity index is 2.10. The Kier molecular flexibility index (Phi) is 5.52. The van der Waals surface area contributed by atoms with E-state index in [1.807, 2.05) is 32.0 Å². The Morgan fingerprint density at radius 2 is 1.83 bits per heavy atom. The lowest BCUT2D eigenvalue weighted by Crippen LogP contribution is -2.16. The second-order valence-electron chi connectivity index (χ2n) is 5.47. The first kappa shape index (κ1) is 17.5. The maximum atomic E-state index is 13.7. The quantitative estimate of drug-likeness (QED) is 0.896. The monoisotopic (exact) mass is 330 g/mol. The van der Waals surface area contributed by atoms with Crippen LogP contribution in [0.3, 0.4) is 0 Å². The number of anilines is 2. The van der Waals surface area contributed by atoms with Crippen LogP contribution in [0.1, 0.15) is 16.7 Å². The molecule has 126 valence electrons. The first-order valence-electron chi connectivity index (χ1n) is 7.39. The number of rotatable bonds is 4. The van der Waals surface area contributed by atoms with Crippen molar-refractivity contribution in [1.29, 1.82) is 0 Å². The molecule has 0 heterocycles. The normalized spacial score (nSPS) is 10.2. The van der Waals surface area contributed by atoms with E-state index in [9.17, 15) is 14.0 Å². The van der Waals surface area contributed by atoms with Gasteiger partial charge in [0, 0.05) is 5.69 Å². The first-order valence-corrected chi connectivity index (χ1v) is 7.39. The molecular weight excluding hydrogens is 311 g/mol. The van der Waals surface area contributed by atoms with Crippen molar-refractivity contribution in [2.24, 2.45) is 0 Å². The van der Waals surface area contributed by atoms with E-state index in [1.165, 1.54) is 25.3 Å². The van der Waals surface area contributed by atoms with Crippen LogP contribution in [0.15, 0.2) is 36.4 Å². The van der Waals surface area contributed by atoms with Gasteiger partial charge < -0.3 is 10.1 Å². The molecule has 2 aromatic carbocycles. The minimum atomic E-state index is -0.784. The molecular formula is C18H19FN2O3. The molecule has 0 unspecified atom stereocenters. The fraction of sp³-hybridized carbons (Fsp3) is 0.222. The zero-order valence-electron chi connectivity index (χ0n) is 13.8. The molecule has 0 aliphatic rings. The van der Waals surface area contributed by atoms with Gasteiger partial charge >= 0.3 is 6.09 Å². The van der Waals surface area contributed by atoms with Crippen molar-refractivity contribution < 1.29 is 18.7 Å². The topological polar surface area (TPSA) is 67.4 Å². The van der Waals surface area contributed by atoms with Gasteiger partial charge in [-0.15, -0.1) is 0 Å². The Labute approximate surface area is 139 Å². The highest BCUT2D eigenvalue weighted by Crippen LogP contribution is 2.20. The summed E-state index contributed by atoms with van der Waals surface area (Å²) in [5.74, 6) is -0.841. The third-order valence-corrected chi connectivity index (χ3v) is 3.53. The van der Waals surface area contributed by atoms with Gasteiger partial charge in [-0.1, -0.05) is 23.8 Å². The van der Waals surface area contributed by atoms with Gasteiger partial charge in [-0.05, 0) is 43.2 Å². The Bertz CT molecular complexity index is 775. The zero-order chi connectivity index (χ0) is 17.7. The molecule has 0 spiro atoms. The Morgan fingerprint density at radius 3 is 2.54 bits per heavy atom. The van der Waals surface area contributed by atoms with Gasteiger partial charge in [0.05, 0.1) is 19.2 Å². The molecule has 0 saturated heterocycles. The van der Waals surface area contributed by atoms with E-state index in [-0.39, 0.29) is 18.0 Å². The summed E-state index contributed by atoms with van der Waals surface area (Å²) in [6.07, 6.45) is -0.572. The van der Waals surface area contributed by atoms with Crippen molar-refractivity contribution in [3.05, 3.63) is 58.9 Å². The number of carbonyl (C=O) groups is 2. The number of amides is 2. The van der Waals surface area contributed by atoms with Gasteiger partial charge in [-0.3, -0.25) is 10.1 Å². The molecule has 0 aromatic heterocycles. The van der Waals surface area contributed by atoms with E-state index in [4.69, 9.17) is 0 Å². The number of nitrogens with one attached hydrogen (secondary N) is 2. The second-order valence-corrected chi connectivity index (χ2v) is 5.47. The lowest BCUT2D eigenvalue weighted by Gasteiger charge is -2.10. The molecule has 0 saturated carbocycles. The van der Waals surface area contributed by atoms with E-state index < -0.39 is 11.9 Å². The maximum absolute atomic E-state index is 13.7. The molecule has 0 aliphatic carbocycles. The summed E-state index contributed by atoms with van der Waals surface area (Å²) in [7, 11) is 1.18. The molecule has 2 amide bonds. The average molecular weight is 330 g/mol. The number of ether oxygens (including phenoxy) is 1. The number of carbonyl (C=O) groups excluding carboxylic acids is 2. The number of benzene rings is 2. The van der Waals surface area contributed by atoms with Gasteiger partial charge in [0.1, 0.15) is 5.82 Å². The Morgan fingerprint density at radius 1 is 1.08 bits per heavy atom. The predicted molar refractivity (Wildman–Crippen MR) is 90.7 cm³/mol. The van der Waals surface area contributed by atoms with E-state index in [2.05, 4.69) is 15.4 Å². The third-order valence-electron chi connectivity index (χ3n) is 3.53. The van der Waals surface area contributed by atoms with E-state index in [0.717, 1.165) is 16.7 Å². The molecule has 0 bridgehead atoms. The smallest absolute Gasteiger partial charge is 0.411 e. The van der Waals surface area contributed by atoms with Crippen LogP contribution in [0.4, 0.5) is 20.6 Å². The van der Waals surface area contributed by atoms with Crippen LogP contribution in [-0.2, 0) is 16.0 Å². The van der Waals surface area contributed by atoms with Crippen molar-refractivity contribution >= 4 is 23.4 Å². The van der Waals surface area contributed by atoms with Crippen molar-refractivity contribution in [1.82, 2.24) is 0 Å². The number of methoxy groups -OCH3 is 1. The highest BCUT2D eigenvalue weighted by molar-refractivity contribution is 5.93. The number of hydrogen-bond donors (Lipinski definition) is 2. The molecule has 6 heteroatoms. The summed E-state index contributed by atoms with van der Waals surface area (Å²) in [5, 5.41) is 4.95. The van der Waals surface area contributed by atoms with Crippen molar-refractivity contribution in [3.63, 3.8) is 0 Å². The summed E-state index contributed by atoms with van der Waals surface area (Å²) < 4.78 is 18.1. The molecule has 0 fully saturated rings. The van der Waals surface area contributed by atoms with Crippen molar-refractivity contribution in [2.45, 2.75) is 20.3 Å². The summed E-state index contributed by atoms with van der Waals surface area (Å²) in [6, 6.07) is 9.85. The fourth-order valence-corrected chi connectivity index (χ4v) is 2.23. The number of hydrogen-bond acceptors (Lipinski definition) is 3. The van der Waals surface area contributed by atoms with E-state index in [0.29, 0.717) is 5.69 Å². The lowest BCUT2D eigenvalue weighted by atomic mass is 10.0. The van der Waals surface area contributed by atoms with Crippen molar-refractivity contribution in [2.75, 3.05) is 17.7 Å². The molecule has 2 rings (SSSR count). The van der Waals surface area contributed by atoms with Crippen LogP contribution in [0, 0.1) is 19.7 Å². The van der Waals surface area contributed by atoms with Crippen LogP contribution in [0.2, 0.25) is 0 Å². The van der Waals surface area contributed by atoms with E-state index >= 15 is 0 Å². The van der Waals surface area contributed by atoms with Crippen LogP contribution in [-0.4, -0.2) is 19.1 Å². The van der Waals surface area contributed by atoms with Crippen LogP contribution < -0.4 is 10.6 Å². The van der Waals surface area contributed by atoms with Gasteiger partial charge in [0.25, 0.3) is 0 Å². The third kappa shape index (κ3) is 4.55. The molecule has 5 nitrogen and oxygen atoms in total. The molecule has 2 N–H and O–H groups in total. The Hall–Kier alpha value is -2.89.